The Morgan fingerprint density at radius 2 is 2.18 bits per heavy atom. The summed E-state index contributed by atoms with van der Waals surface area (Å²) in [7, 11) is 0. The standard InChI is InChI=1S/C16H18FN3O2/c1-9(2)15-18-16(22-19-15)11-7-14(21)20(8-11)12-4-5-13(17)10(3)6-12/h4-6,9,11H,7-8H2,1-3H3. The summed E-state index contributed by atoms with van der Waals surface area (Å²) < 4.78 is 18.7. The Bertz CT molecular complexity index is 711. The lowest BCUT2D eigenvalue weighted by Gasteiger charge is -2.16. The number of rotatable bonds is 3. The zero-order valence-corrected chi connectivity index (χ0v) is 12.8. The molecule has 22 heavy (non-hydrogen) atoms. The Balaban J connectivity index is 1.81. The van der Waals surface area contributed by atoms with Gasteiger partial charge < -0.3 is 9.42 Å². The van der Waals surface area contributed by atoms with Crippen molar-refractivity contribution < 1.29 is 13.7 Å². The number of benzene rings is 1. The molecule has 1 saturated heterocycles. The Hall–Kier alpha value is -2.24. The van der Waals surface area contributed by atoms with Gasteiger partial charge in [0.15, 0.2) is 5.82 Å². The average molecular weight is 303 g/mol. The summed E-state index contributed by atoms with van der Waals surface area (Å²) in [5.41, 5.74) is 1.23. The van der Waals surface area contributed by atoms with Gasteiger partial charge in [-0.3, -0.25) is 4.79 Å². The predicted octanol–water partition coefficient (Wildman–Crippen LogP) is 3.16. The van der Waals surface area contributed by atoms with Gasteiger partial charge in [0.25, 0.3) is 0 Å². The van der Waals surface area contributed by atoms with Crippen molar-refractivity contribution in [1.29, 1.82) is 0 Å². The van der Waals surface area contributed by atoms with Gasteiger partial charge in [-0.2, -0.15) is 4.98 Å². The molecule has 3 rings (SSSR count). The first-order valence-electron chi connectivity index (χ1n) is 7.35. The second-order valence-corrected chi connectivity index (χ2v) is 5.98. The highest BCUT2D eigenvalue weighted by atomic mass is 19.1. The van der Waals surface area contributed by atoms with Gasteiger partial charge in [0.2, 0.25) is 11.8 Å². The summed E-state index contributed by atoms with van der Waals surface area (Å²) in [5, 5.41) is 3.94. The van der Waals surface area contributed by atoms with Gasteiger partial charge in [-0.05, 0) is 30.7 Å². The molecule has 2 aromatic rings. The first kappa shape index (κ1) is 14.7. The van der Waals surface area contributed by atoms with Crippen molar-refractivity contribution in [2.24, 2.45) is 0 Å². The molecule has 2 heterocycles. The van der Waals surface area contributed by atoms with Crippen molar-refractivity contribution in [1.82, 2.24) is 10.1 Å². The molecule has 0 bridgehead atoms. The van der Waals surface area contributed by atoms with Crippen molar-refractivity contribution in [3.63, 3.8) is 0 Å². The maximum absolute atomic E-state index is 13.4. The maximum atomic E-state index is 13.4. The molecule has 0 aliphatic carbocycles. The van der Waals surface area contributed by atoms with Gasteiger partial charge in [0.1, 0.15) is 5.82 Å². The van der Waals surface area contributed by atoms with E-state index in [-0.39, 0.29) is 23.6 Å². The number of carbonyl (C=O) groups is 1. The third kappa shape index (κ3) is 2.61. The quantitative estimate of drug-likeness (QED) is 0.874. The van der Waals surface area contributed by atoms with E-state index in [1.54, 1.807) is 24.0 Å². The fraction of sp³-hybridized carbons (Fsp3) is 0.438. The molecule has 0 N–H and O–H groups in total. The number of amides is 1. The number of carbonyl (C=O) groups excluding carboxylic acids is 1. The van der Waals surface area contributed by atoms with E-state index in [0.29, 0.717) is 35.9 Å². The number of aryl methyl sites for hydroxylation is 1. The molecule has 116 valence electrons. The lowest BCUT2D eigenvalue weighted by atomic mass is 10.1. The van der Waals surface area contributed by atoms with E-state index in [4.69, 9.17) is 4.52 Å². The summed E-state index contributed by atoms with van der Waals surface area (Å²) in [6, 6.07) is 4.69. The van der Waals surface area contributed by atoms with Crippen LogP contribution in [0.1, 0.15) is 49.4 Å². The van der Waals surface area contributed by atoms with Gasteiger partial charge in [-0.15, -0.1) is 0 Å². The van der Waals surface area contributed by atoms with Crippen LogP contribution in [0, 0.1) is 12.7 Å². The number of nitrogens with zero attached hydrogens (tertiary/aromatic N) is 3. The predicted molar refractivity (Wildman–Crippen MR) is 79.2 cm³/mol. The van der Waals surface area contributed by atoms with E-state index < -0.39 is 0 Å². The summed E-state index contributed by atoms with van der Waals surface area (Å²) in [6.45, 7) is 6.14. The summed E-state index contributed by atoms with van der Waals surface area (Å²) in [4.78, 5) is 18.3. The Morgan fingerprint density at radius 3 is 2.82 bits per heavy atom. The van der Waals surface area contributed by atoms with E-state index in [1.165, 1.54) is 6.07 Å². The molecule has 6 heteroatoms. The molecule has 0 radical (unpaired) electrons. The molecule has 1 aromatic heterocycles. The molecule has 5 nitrogen and oxygen atoms in total. The molecule has 1 aliphatic heterocycles. The first-order chi connectivity index (χ1) is 10.5. The summed E-state index contributed by atoms with van der Waals surface area (Å²) >= 11 is 0. The number of aromatic nitrogens is 2. The number of anilines is 1. The minimum Gasteiger partial charge on any atom is -0.339 e. The van der Waals surface area contributed by atoms with Gasteiger partial charge in [0, 0.05) is 24.6 Å². The second kappa shape index (κ2) is 5.51. The van der Waals surface area contributed by atoms with E-state index >= 15 is 0 Å². The third-order valence-corrected chi connectivity index (χ3v) is 3.90. The molecule has 0 spiro atoms. The fourth-order valence-electron chi connectivity index (χ4n) is 2.57. The van der Waals surface area contributed by atoms with Crippen LogP contribution in [0.2, 0.25) is 0 Å². The zero-order valence-electron chi connectivity index (χ0n) is 12.8. The molecule has 1 atom stereocenters. The van der Waals surface area contributed by atoms with Crippen molar-refractivity contribution in [3.8, 4) is 0 Å². The molecular weight excluding hydrogens is 285 g/mol. The van der Waals surface area contributed by atoms with Crippen molar-refractivity contribution in [3.05, 3.63) is 41.3 Å². The van der Waals surface area contributed by atoms with E-state index in [0.717, 1.165) is 0 Å². The van der Waals surface area contributed by atoms with Crippen molar-refractivity contribution >= 4 is 11.6 Å². The normalized spacial score (nSPS) is 18.5. The summed E-state index contributed by atoms with van der Waals surface area (Å²) in [6.07, 6.45) is 0.330. The van der Waals surface area contributed by atoms with Crippen LogP contribution in [-0.4, -0.2) is 22.6 Å². The fourth-order valence-corrected chi connectivity index (χ4v) is 2.57. The largest absolute Gasteiger partial charge is 0.339 e. The van der Waals surface area contributed by atoms with E-state index in [2.05, 4.69) is 10.1 Å². The molecular formula is C16H18FN3O2. The highest BCUT2D eigenvalue weighted by Crippen LogP contribution is 2.32. The average Bonchev–Trinajstić information content (AvgIpc) is 3.08. The smallest absolute Gasteiger partial charge is 0.232 e. The number of hydrogen-bond donors (Lipinski definition) is 0. The van der Waals surface area contributed by atoms with Crippen molar-refractivity contribution in [2.75, 3.05) is 11.4 Å². The van der Waals surface area contributed by atoms with Crippen molar-refractivity contribution in [2.45, 2.75) is 39.0 Å². The van der Waals surface area contributed by atoms with Crippen LogP contribution in [0.15, 0.2) is 22.7 Å². The summed E-state index contributed by atoms with van der Waals surface area (Å²) in [5.74, 6) is 0.936. The Morgan fingerprint density at radius 1 is 1.41 bits per heavy atom. The van der Waals surface area contributed by atoms with Crippen LogP contribution in [-0.2, 0) is 4.79 Å². The minimum absolute atomic E-state index is 0.0136. The highest BCUT2D eigenvalue weighted by Gasteiger charge is 2.35. The molecule has 1 aliphatic rings. The van der Waals surface area contributed by atoms with Gasteiger partial charge >= 0.3 is 0 Å². The molecule has 1 amide bonds. The highest BCUT2D eigenvalue weighted by molar-refractivity contribution is 5.96. The molecule has 0 saturated carbocycles. The monoisotopic (exact) mass is 303 g/mol. The van der Waals surface area contributed by atoms with Gasteiger partial charge in [-0.1, -0.05) is 19.0 Å². The first-order valence-corrected chi connectivity index (χ1v) is 7.35. The minimum atomic E-state index is -0.273. The second-order valence-electron chi connectivity index (χ2n) is 5.98. The lowest BCUT2D eigenvalue weighted by Crippen LogP contribution is -2.24. The van der Waals surface area contributed by atoms with Crippen LogP contribution in [0.4, 0.5) is 10.1 Å². The van der Waals surface area contributed by atoms with Crippen LogP contribution < -0.4 is 4.90 Å². The lowest BCUT2D eigenvalue weighted by molar-refractivity contribution is -0.117. The zero-order chi connectivity index (χ0) is 15.9. The van der Waals surface area contributed by atoms with Gasteiger partial charge in [-0.25, -0.2) is 4.39 Å². The number of halogens is 1. The van der Waals surface area contributed by atoms with E-state index in [1.807, 2.05) is 13.8 Å². The van der Waals surface area contributed by atoms with Gasteiger partial charge in [0.05, 0.1) is 5.92 Å². The Kier molecular flexibility index (Phi) is 3.68. The topological polar surface area (TPSA) is 59.2 Å². The van der Waals surface area contributed by atoms with E-state index in [9.17, 15) is 9.18 Å². The maximum Gasteiger partial charge on any atom is 0.232 e. The van der Waals surface area contributed by atoms with Crippen LogP contribution >= 0.6 is 0 Å². The Labute approximate surface area is 128 Å². The molecule has 1 aromatic carbocycles. The third-order valence-electron chi connectivity index (χ3n) is 3.90. The number of hydrogen-bond acceptors (Lipinski definition) is 4. The molecule has 1 fully saturated rings. The van der Waals surface area contributed by atoms with Crippen LogP contribution in [0.3, 0.4) is 0 Å². The SMILES string of the molecule is Cc1cc(N2CC(c3nc(C(C)C)no3)CC2=O)ccc1F. The van der Waals surface area contributed by atoms with Crippen LogP contribution in [0.5, 0.6) is 0 Å². The molecule has 1 unspecified atom stereocenters. The van der Waals surface area contributed by atoms with Crippen LogP contribution in [0.25, 0.3) is 0 Å².